The summed E-state index contributed by atoms with van der Waals surface area (Å²) in [5.74, 6) is 0. The summed E-state index contributed by atoms with van der Waals surface area (Å²) in [6, 6.07) is 13.5. The van der Waals surface area contributed by atoms with Gasteiger partial charge in [-0.3, -0.25) is 4.79 Å². The van der Waals surface area contributed by atoms with Gasteiger partial charge in [0, 0.05) is 6.92 Å². The summed E-state index contributed by atoms with van der Waals surface area (Å²) in [6.45, 7) is 7.43. The van der Waals surface area contributed by atoms with Crippen LogP contribution in [-0.2, 0) is 4.79 Å². The summed E-state index contributed by atoms with van der Waals surface area (Å²) in [4.78, 5) is 8.78. The normalized spacial score (nSPS) is 9.05. The molecule has 2 aromatic carbocycles. The van der Waals surface area contributed by atoms with Crippen molar-refractivity contribution >= 4 is 16.8 Å². The Balaban J connectivity index is 0.000000340. The van der Waals surface area contributed by atoms with Crippen LogP contribution in [0.3, 0.4) is 0 Å². The Hall–Kier alpha value is -1.70. The van der Waals surface area contributed by atoms with Gasteiger partial charge in [-0.25, -0.2) is 0 Å². The minimum Gasteiger partial charge on any atom is -0.262 e. The molecule has 0 bridgehead atoms. The van der Waals surface area contributed by atoms with Crippen LogP contribution < -0.4 is 0 Å². The third kappa shape index (κ3) is 8.41. The lowest BCUT2D eigenvalue weighted by molar-refractivity contribution is -0.126. The molecule has 0 saturated heterocycles. The lowest BCUT2D eigenvalue weighted by Gasteiger charge is -1.98. The van der Waals surface area contributed by atoms with Crippen molar-refractivity contribution in [1.29, 1.82) is 0 Å². The van der Waals surface area contributed by atoms with Crippen LogP contribution in [0, 0.1) is 6.92 Å². The second-order valence-corrected chi connectivity index (χ2v) is 4.62. The summed E-state index contributed by atoms with van der Waals surface area (Å²) in [5, 5.41) is 2.68. The molecule has 0 saturated carbocycles. The molecule has 0 aliphatic heterocycles. The van der Waals surface area contributed by atoms with Gasteiger partial charge in [0.1, 0.15) is 0 Å². The Morgan fingerprint density at radius 3 is 1.95 bits per heavy atom. The highest BCUT2D eigenvalue weighted by molar-refractivity contribution is 5.85. The summed E-state index contributed by atoms with van der Waals surface area (Å²) in [7, 11) is 0. The third-order valence-electron chi connectivity index (χ3n) is 2.71. The maximum Gasteiger partial charge on any atom is 0.298 e. The van der Waals surface area contributed by atoms with Crippen molar-refractivity contribution in [1.82, 2.24) is 0 Å². The molecule has 0 unspecified atom stereocenters. The van der Waals surface area contributed by atoms with E-state index in [4.69, 9.17) is 4.79 Å². The highest BCUT2D eigenvalue weighted by Crippen LogP contribution is 2.16. The van der Waals surface area contributed by atoms with E-state index in [1.807, 2.05) is 0 Å². The Labute approximate surface area is 121 Å². The van der Waals surface area contributed by atoms with Gasteiger partial charge in [-0.2, -0.15) is 4.39 Å². The van der Waals surface area contributed by atoms with E-state index in [0.717, 1.165) is 6.92 Å². The van der Waals surface area contributed by atoms with Gasteiger partial charge < -0.3 is 0 Å². The number of carbonyl (C=O) groups excluding carboxylic acids is 1. The van der Waals surface area contributed by atoms with Crippen molar-refractivity contribution in [2.24, 2.45) is 0 Å². The highest BCUT2D eigenvalue weighted by atomic mass is 19.1. The van der Waals surface area contributed by atoms with Gasteiger partial charge in [0.2, 0.25) is 0 Å². The number of hydrogen-bond donors (Lipinski definition) is 0. The molecule has 2 heteroatoms. The topological polar surface area (TPSA) is 17.1 Å². The molecule has 2 rings (SSSR count). The number of aryl methyl sites for hydroxylation is 1. The van der Waals surface area contributed by atoms with Crippen LogP contribution in [0.1, 0.15) is 45.6 Å². The van der Waals surface area contributed by atoms with Gasteiger partial charge in [0.05, 0.1) is 0 Å². The van der Waals surface area contributed by atoms with Crippen molar-refractivity contribution in [2.45, 2.75) is 47.0 Å². The molecule has 0 radical (unpaired) electrons. The number of fused-ring (bicyclic) bond motifs is 1. The van der Waals surface area contributed by atoms with E-state index in [2.05, 4.69) is 63.2 Å². The summed E-state index contributed by atoms with van der Waals surface area (Å²) < 4.78 is 10.4. The van der Waals surface area contributed by atoms with Gasteiger partial charge in [-0.05, 0) is 23.3 Å². The Morgan fingerprint density at radius 2 is 1.50 bits per heavy atom. The molecule has 0 heterocycles. The Bertz CT molecular complexity index is 494. The fourth-order valence-corrected chi connectivity index (χ4v) is 1.74. The first-order chi connectivity index (χ1) is 9.52. The van der Waals surface area contributed by atoms with Crippen LogP contribution in [0.15, 0.2) is 42.5 Å². The van der Waals surface area contributed by atoms with Gasteiger partial charge in [-0.15, -0.1) is 0 Å². The standard InChI is InChI=1S/C11H10.C5H12.C2H3FO/c1-9-5-4-7-10-6-2-3-8-11(9)10;1-3-5-4-2;1-2(3)4/h2-8H,1H3;3-5H2,1-2H3;1H3. The Kier molecular flexibility index (Phi) is 10.2. The molecule has 20 heavy (non-hydrogen) atoms. The molecule has 0 atom stereocenters. The second kappa shape index (κ2) is 11.2. The number of carbonyl (C=O) groups is 1. The average molecular weight is 276 g/mol. The minimum atomic E-state index is -1.33. The molecule has 0 spiro atoms. The van der Waals surface area contributed by atoms with E-state index in [9.17, 15) is 4.39 Å². The number of halogens is 1. The molecule has 110 valence electrons. The maximum absolute atomic E-state index is 10.4. The molecule has 0 N–H and O–H groups in total. The van der Waals surface area contributed by atoms with Crippen LogP contribution >= 0.6 is 0 Å². The average Bonchev–Trinajstić information content (AvgIpc) is 2.40. The van der Waals surface area contributed by atoms with Crippen LogP contribution in [0.4, 0.5) is 4.39 Å². The van der Waals surface area contributed by atoms with Crippen LogP contribution in [0.2, 0.25) is 0 Å². The minimum absolute atomic E-state index is 0.861. The highest BCUT2D eigenvalue weighted by Gasteiger charge is 1.92. The van der Waals surface area contributed by atoms with E-state index >= 15 is 0 Å². The number of hydrogen-bond acceptors (Lipinski definition) is 1. The van der Waals surface area contributed by atoms with Crippen molar-refractivity contribution in [3.8, 4) is 0 Å². The molecular formula is C18H25FO. The van der Waals surface area contributed by atoms with Crippen molar-refractivity contribution in [3.05, 3.63) is 48.0 Å². The molecular weight excluding hydrogens is 251 g/mol. The van der Waals surface area contributed by atoms with Crippen LogP contribution in [0.25, 0.3) is 10.8 Å². The van der Waals surface area contributed by atoms with E-state index in [-0.39, 0.29) is 0 Å². The second-order valence-electron chi connectivity index (χ2n) is 4.62. The van der Waals surface area contributed by atoms with Gasteiger partial charge >= 0.3 is 0 Å². The lowest BCUT2D eigenvalue weighted by Crippen LogP contribution is -1.75. The fourth-order valence-electron chi connectivity index (χ4n) is 1.74. The van der Waals surface area contributed by atoms with Crippen LogP contribution in [-0.4, -0.2) is 6.04 Å². The first-order valence-corrected chi connectivity index (χ1v) is 7.13. The summed E-state index contributed by atoms with van der Waals surface area (Å²) in [6.07, 6.45) is 4.08. The van der Waals surface area contributed by atoms with Crippen molar-refractivity contribution in [3.63, 3.8) is 0 Å². The first kappa shape index (κ1) is 18.3. The molecule has 0 aromatic heterocycles. The van der Waals surface area contributed by atoms with E-state index in [1.54, 1.807) is 0 Å². The molecule has 0 amide bonds. The zero-order valence-corrected chi connectivity index (χ0v) is 12.9. The van der Waals surface area contributed by atoms with E-state index in [0.29, 0.717) is 0 Å². The molecule has 1 nitrogen and oxygen atoms in total. The van der Waals surface area contributed by atoms with Crippen molar-refractivity contribution in [2.75, 3.05) is 0 Å². The monoisotopic (exact) mass is 276 g/mol. The predicted octanol–water partition coefficient (Wildman–Crippen LogP) is 5.85. The predicted molar refractivity (Wildman–Crippen MR) is 85.7 cm³/mol. The van der Waals surface area contributed by atoms with E-state index in [1.165, 1.54) is 35.6 Å². The number of benzene rings is 2. The largest absolute Gasteiger partial charge is 0.298 e. The maximum atomic E-state index is 10.4. The fraction of sp³-hybridized carbons (Fsp3) is 0.389. The SMILES string of the molecule is CC(=O)F.CCCCC.Cc1cccc2ccccc12. The lowest BCUT2D eigenvalue weighted by atomic mass is 10.1. The number of rotatable bonds is 2. The van der Waals surface area contributed by atoms with Gasteiger partial charge in [-0.1, -0.05) is 75.6 Å². The Morgan fingerprint density at radius 1 is 1.00 bits per heavy atom. The quantitative estimate of drug-likeness (QED) is 0.629. The molecule has 0 aliphatic carbocycles. The summed E-state index contributed by atoms with van der Waals surface area (Å²) >= 11 is 0. The van der Waals surface area contributed by atoms with Gasteiger partial charge in [0.25, 0.3) is 6.04 Å². The molecule has 0 aliphatic rings. The van der Waals surface area contributed by atoms with Crippen molar-refractivity contribution < 1.29 is 9.18 Å². The zero-order chi connectivity index (χ0) is 15.4. The summed E-state index contributed by atoms with van der Waals surface area (Å²) in [5.41, 5.74) is 1.35. The smallest absolute Gasteiger partial charge is 0.262 e. The zero-order valence-electron chi connectivity index (χ0n) is 12.9. The molecule has 2 aromatic rings. The third-order valence-corrected chi connectivity index (χ3v) is 2.71. The molecule has 0 fully saturated rings. The van der Waals surface area contributed by atoms with E-state index < -0.39 is 6.04 Å². The first-order valence-electron chi connectivity index (χ1n) is 7.13. The number of unbranched alkanes of at least 4 members (excludes halogenated alkanes) is 2. The van der Waals surface area contributed by atoms with Gasteiger partial charge in [0.15, 0.2) is 0 Å². The van der Waals surface area contributed by atoms with Crippen LogP contribution in [0.5, 0.6) is 0 Å².